The number of amides is 2. The number of nitrogens with one attached hydrogen (secondary N) is 1. The third-order valence-corrected chi connectivity index (χ3v) is 6.34. The van der Waals surface area contributed by atoms with E-state index in [0.717, 1.165) is 5.69 Å². The average Bonchev–Trinajstić information content (AvgIpc) is 2.75. The zero-order valence-corrected chi connectivity index (χ0v) is 17.3. The molecule has 0 radical (unpaired) electrons. The van der Waals surface area contributed by atoms with Gasteiger partial charge in [-0.3, -0.25) is 4.90 Å². The molecule has 0 unspecified atom stereocenters. The van der Waals surface area contributed by atoms with Gasteiger partial charge in [0.25, 0.3) is 0 Å². The second kappa shape index (κ2) is 10.0. The lowest BCUT2D eigenvalue weighted by atomic mass is 9.84. The fourth-order valence-electron chi connectivity index (χ4n) is 3.85. The molecule has 1 aromatic carbocycles. The summed E-state index contributed by atoms with van der Waals surface area (Å²) in [5, 5.41) is 3.53. The van der Waals surface area contributed by atoms with Crippen molar-refractivity contribution in [3.63, 3.8) is 0 Å². The fraction of sp³-hybridized carbons (Fsp3) is 0.667. The summed E-state index contributed by atoms with van der Waals surface area (Å²) in [6.45, 7) is -5.31. The first-order valence-electron chi connectivity index (χ1n) is 13.6. The maximum Gasteiger partial charge on any atom is 0.317 e. The lowest BCUT2D eigenvalue weighted by Gasteiger charge is -2.37. The van der Waals surface area contributed by atoms with Crippen molar-refractivity contribution < 1.29 is 15.8 Å². The Kier molecular flexibility index (Phi) is 4.73. The highest BCUT2D eigenvalue weighted by Crippen LogP contribution is 2.33. The number of nitrogens with zero attached hydrogens (tertiary/aromatic N) is 3. The smallest absolute Gasteiger partial charge is 0.317 e. The molecule has 1 aliphatic carbocycles. The van der Waals surface area contributed by atoms with Gasteiger partial charge in [-0.2, -0.15) is 0 Å². The summed E-state index contributed by atoms with van der Waals surface area (Å²) in [5.74, 6) is 0.106. The van der Waals surface area contributed by atoms with E-state index in [0.29, 0.717) is 68.3 Å². The predicted octanol–water partition coefficient (Wildman–Crippen LogP) is 4.34. The molecular formula is C21H32Cl2N4O. The second-order valence-corrected chi connectivity index (χ2v) is 8.20. The summed E-state index contributed by atoms with van der Waals surface area (Å²) >= 11 is 12.5. The molecule has 7 heteroatoms. The van der Waals surface area contributed by atoms with Crippen LogP contribution in [-0.2, 0) is 0 Å². The lowest BCUT2D eigenvalue weighted by Crippen LogP contribution is -2.47. The Bertz CT molecular complexity index is 900. The van der Waals surface area contributed by atoms with E-state index >= 15 is 0 Å². The van der Waals surface area contributed by atoms with Gasteiger partial charge in [-0.05, 0) is 56.7 Å². The highest BCUT2D eigenvalue weighted by atomic mass is 35.5. The minimum Gasteiger partial charge on any atom is -0.368 e. The Morgan fingerprint density at radius 3 is 2.61 bits per heavy atom. The van der Waals surface area contributed by atoms with Gasteiger partial charge >= 0.3 is 6.03 Å². The van der Waals surface area contributed by atoms with Crippen molar-refractivity contribution in [1.29, 1.82) is 0 Å². The molecule has 1 saturated carbocycles. The molecule has 2 aliphatic rings. The Morgan fingerprint density at radius 2 is 1.93 bits per heavy atom. The van der Waals surface area contributed by atoms with Crippen LogP contribution < -0.4 is 10.2 Å². The third-order valence-electron chi connectivity index (χ3n) is 5.53. The topological polar surface area (TPSA) is 38.8 Å². The van der Waals surface area contributed by atoms with Crippen LogP contribution in [0.3, 0.4) is 0 Å². The minimum atomic E-state index is -3.08. The number of anilines is 1. The van der Waals surface area contributed by atoms with Gasteiger partial charge in [-0.15, -0.1) is 0 Å². The van der Waals surface area contributed by atoms with Gasteiger partial charge in [0.15, 0.2) is 0 Å². The van der Waals surface area contributed by atoms with E-state index in [9.17, 15) is 4.79 Å². The summed E-state index contributed by atoms with van der Waals surface area (Å²) in [4.78, 5) is 16.3. The molecule has 2 amide bonds. The van der Waals surface area contributed by atoms with Crippen LogP contribution in [0.1, 0.15) is 43.1 Å². The van der Waals surface area contributed by atoms with Crippen molar-refractivity contribution in [3.05, 3.63) is 28.2 Å². The number of piperazine rings is 1. The normalized spacial score (nSPS) is 29.1. The zero-order valence-electron chi connectivity index (χ0n) is 23.8. The van der Waals surface area contributed by atoms with Crippen molar-refractivity contribution in [2.45, 2.75) is 38.1 Å². The molecule has 5 nitrogen and oxygen atoms in total. The molecular weight excluding hydrogens is 395 g/mol. The van der Waals surface area contributed by atoms with Crippen molar-refractivity contribution in [2.24, 2.45) is 5.92 Å². The Balaban J connectivity index is 1.49. The van der Waals surface area contributed by atoms with Crippen LogP contribution in [0.4, 0.5) is 10.5 Å². The summed E-state index contributed by atoms with van der Waals surface area (Å²) in [6, 6.07) is 4.01. The second-order valence-electron chi connectivity index (χ2n) is 7.41. The Morgan fingerprint density at radius 1 is 1.21 bits per heavy atom. The van der Waals surface area contributed by atoms with Gasteiger partial charge in [-0.1, -0.05) is 29.3 Å². The van der Waals surface area contributed by atoms with Crippen molar-refractivity contribution in [3.8, 4) is 0 Å². The number of carbonyl (C=O) groups excluding carboxylic acids is 1. The number of urea groups is 1. The van der Waals surface area contributed by atoms with E-state index in [2.05, 4.69) is 10.2 Å². The average molecular weight is 435 g/mol. The van der Waals surface area contributed by atoms with Crippen LogP contribution in [0, 0.1) is 5.92 Å². The number of hydrogen-bond donors (Lipinski definition) is 1. The molecule has 156 valence electrons. The van der Waals surface area contributed by atoms with Gasteiger partial charge < -0.3 is 15.1 Å². The van der Waals surface area contributed by atoms with Gasteiger partial charge in [0.2, 0.25) is 0 Å². The Labute approximate surface area is 190 Å². The van der Waals surface area contributed by atoms with E-state index in [4.69, 9.17) is 34.2 Å². The van der Waals surface area contributed by atoms with Gasteiger partial charge in [0.1, 0.15) is 0 Å². The highest BCUT2D eigenvalue weighted by Gasteiger charge is 2.24. The predicted molar refractivity (Wildman–Crippen MR) is 118 cm³/mol. The maximum absolute atomic E-state index is 12.4. The standard InChI is InChI=1S/C21H32Cl2N4O/c1-25(2)21(28)24-17-8-6-16(7-9-17)10-11-26-12-14-27(15-13-26)19-5-3-4-18(22)20(19)23/h3-5,16-17H,6-15H2,1-2H3,(H,24,28)/i1D3,2D3,11D2. The summed E-state index contributed by atoms with van der Waals surface area (Å²) in [6.07, 6.45) is 2.73. The van der Waals surface area contributed by atoms with Crippen LogP contribution in [0.2, 0.25) is 10.0 Å². The van der Waals surface area contributed by atoms with E-state index in [1.807, 2.05) is 17.0 Å². The molecule has 28 heavy (non-hydrogen) atoms. The summed E-state index contributed by atoms with van der Waals surface area (Å²) in [7, 11) is 0. The number of benzene rings is 1. The number of halogens is 2. The first kappa shape index (κ1) is 13.2. The quantitative estimate of drug-likeness (QED) is 0.748. The largest absolute Gasteiger partial charge is 0.368 e. The summed E-state index contributed by atoms with van der Waals surface area (Å²) in [5.41, 5.74) is 0.847. The van der Waals surface area contributed by atoms with Crippen LogP contribution in [0.25, 0.3) is 0 Å². The maximum atomic E-state index is 12.4. The highest BCUT2D eigenvalue weighted by molar-refractivity contribution is 6.43. The third kappa shape index (κ3) is 5.68. The van der Waals surface area contributed by atoms with Crippen molar-refractivity contribution in [2.75, 3.05) is 51.5 Å². The van der Waals surface area contributed by atoms with Crippen LogP contribution in [0.5, 0.6) is 0 Å². The van der Waals surface area contributed by atoms with E-state index in [1.54, 1.807) is 6.07 Å². The molecule has 1 aromatic rings. The first-order valence-corrected chi connectivity index (χ1v) is 10.4. The Hall–Kier alpha value is -1.17. The fourth-order valence-corrected chi connectivity index (χ4v) is 4.27. The van der Waals surface area contributed by atoms with Crippen LogP contribution in [-0.4, -0.2) is 68.5 Å². The van der Waals surface area contributed by atoms with Crippen molar-refractivity contribution >= 4 is 34.9 Å². The van der Waals surface area contributed by atoms with Gasteiger partial charge in [0.05, 0.1) is 15.7 Å². The van der Waals surface area contributed by atoms with E-state index in [-0.39, 0.29) is 16.9 Å². The van der Waals surface area contributed by atoms with E-state index < -0.39 is 26.5 Å². The molecule has 0 atom stereocenters. The number of hydrogen-bond acceptors (Lipinski definition) is 3. The number of rotatable bonds is 5. The van der Waals surface area contributed by atoms with Gasteiger partial charge in [0, 0.05) is 57.1 Å². The van der Waals surface area contributed by atoms with Crippen molar-refractivity contribution in [1.82, 2.24) is 15.1 Å². The lowest BCUT2D eigenvalue weighted by molar-refractivity contribution is 0.194. The molecule has 1 heterocycles. The summed E-state index contributed by atoms with van der Waals surface area (Å²) < 4.78 is 61.6. The molecule has 1 aliphatic heterocycles. The monoisotopic (exact) mass is 434 g/mol. The zero-order chi connectivity index (χ0) is 26.9. The minimum absolute atomic E-state index is 0.0685. The molecule has 3 rings (SSSR count). The number of carbonyl (C=O) groups is 1. The molecule has 1 N–H and O–H groups in total. The van der Waals surface area contributed by atoms with E-state index in [1.165, 1.54) is 0 Å². The molecule has 0 aromatic heterocycles. The van der Waals surface area contributed by atoms with Crippen LogP contribution >= 0.6 is 23.2 Å². The molecule has 0 bridgehead atoms. The van der Waals surface area contributed by atoms with Gasteiger partial charge in [-0.25, -0.2) is 4.79 Å². The SMILES string of the molecule is [2H]C([2H])([2H])N(C(=O)NC1CCC(CC([2H])([2H])N2CCN(c3cccc(Cl)c3Cl)CC2)CC1)C([2H])([2H])[2H]. The molecule has 1 saturated heterocycles. The first-order chi connectivity index (χ1) is 16.6. The molecule has 0 spiro atoms. The van der Waals surface area contributed by atoms with Crippen LogP contribution in [0.15, 0.2) is 18.2 Å². The molecule has 2 fully saturated rings.